The van der Waals surface area contributed by atoms with Crippen LogP contribution in [0.15, 0.2) is 4.79 Å². The first-order valence-electron chi connectivity index (χ1n) is 6.28. The Bertz CT molecular complexity index is 818. The van der Waals surface area contributed by atoms with Gasteiger partial charge in [0.25, 0.3) is 0 Å². The first kappa shape index (κ1) is 27.0. The summed E-state index contributed by atoms with van der Waals surface area (Å²) < 4.78 is 18.4. The van der Waals surface area contributed by atoms with Crippen molar-refractivity contribution in [2.75, 3.05) is 12.5 Å². The predicted octanol–water partition coefficient (Wildman–Crippen LogP) is -7.17. The van der Waals surface area contributed by atoms with Crippen LogP contribution in [0.25, 0.3) is 10.9 Å². The molecule has 2 rings (SSSR count). The van der Waals surface area contributed by atoms with Crippen LogP contribution in [0.3, 0.4) is 0 Å². The molecule has 0 spiro atoms. The number of aryl methyl sites for hydroxylation is 1. The number of ether oxygens (including phenoxy) is 1. The van der Waals surface area contributed by atoms with Crippen molar-refractivity contribution < 1.29 is 87.5 Å². The summed E-state index contributed by atoms with van der Waals surface area (Å²) in [6.07, 6.45) is -1.37. The average Bonchev–Trinajstić information content (AvgIpc) is 2.86. The van der Waals surface area contributed by atoms with Crippen molar-refractivity contribution in [3.8, 4) is 0 Å². The van der Waals surface area contributed by atoms with Gasteiger partial charge in [-0.2, -0.15) is 5.10 Å². The van der Waals surface area contributed by atoms with Crippen LogP contribution in [0.5, 0.6) is 0 Å². The molecule has 2 heterocycles. The van der Waals surface area contributed by atoms with Crippen molar-refractivity contribution in [2.24, 2.45) is 0 Å². The minimum atomic E-state index is -5.30. The minimum absolute atomic E-state index is 0. The number of aromatic amines is 1. The van der Waals surface area contributed by atoms with Gasteiger partial charge in [-0.1, -0.05) is 13.8 Å². The molecular weight excluding hydrogens is 379 g/mol. The maximum absolute atomic E-state index is 11.9. The third-order valence-corrected chi connectivity index (χ3v) is 2.79. The molecule has 2 aromatic heterocycles. The monoisotopic (exact) mass is 393 g/mol. The zero-order valence-corrected chi connectivity index (χ0v) is 19.3. The van der Waals surface area contributed by atoms with E-state index in [0.29, 0.717) is 5.69 Å². The molecule has 0 aromatic carbocycles. The average molecular weight is 393 g/mol. The minimum Gasteiger partial charge on any atom is -0.790 e. The molecule has 0 amide bonds. The number of rotatable bonds is 3. The fraction of sp³-hybridized carbons (Fsp3) is 0.400. The van der Waals surface area contributed by atoms with E-state index < -0.39 is 26.3 Å². The number of anilines is 1. The van der Waals surface area contributed by atoms with Crippen molar-refractivity contribution in [2.45, 2.75) is 20.8 Å². The van der Waals surface area contributed by atoms with E-state index in [0.717, 1.165) is 0 Å². The van der Waals surface area contributed by atoms with Gasteiger partial charge >= 0.3 is 70.8 Å². The van der Waals surface area contributed by atoms with Gasteiger partial charge in [-0.15, -0.1) is 9.78 Å². The molecule has 3 N–H and O–H groups in total. The predicted molar refractivity (Wildman–Crippen MR) is 74.1 cm³/mol. The van der Waals surface area contributed by atoms with E-state index in [2.05, 4.69) is 24.6 Å². The van der Waals surface area contributed by atoms with E-state index in [1.54, 1.807) is 6.92 Å². The van der Waals surface area contributed by atoms with Gasteiger partial charge in [0.05, 0.1) is 13.2 Å². The van der Waals surface area contributed by atoms with Gasteiger partial charge in [-0.25, -0.2) is 4.79 Å². The van der Waals surface area contributed by atoms with E-state index >= 15 is 0 Å². The maximum Gasteiger partial charge on any atom is 1.00 e. The fourth-order valence-corrected chi connectivity index (χ4v) is 1.71. The Morgan fingerprint density at radius 1 is 1.36 bits per heavy atom. The molecule has 0 aliphatic heterocycles. The van der Waals surface area contributed by atoms with Crippen LogP contribution in [0.4, 0.5) is 10.6 Å². The molecule has 12 nitrogen and oxygen atoms in total. The second-order valence-electron chi connectivity index (χ2n) is 3.78. The molecule has 15 heteroatoms. The van der Waals surface area contributed by atoms with Crippen LogP contribution in [0, 0.1) is 6.92 Å². The number of nitrogens with zero attached hydrogens (tertiary/aromatic N) is 3. The third kappa shape index (κ3) is 7.10. The van der Waals surface area contributed by atoms with Crippen molar-refractivity contribution in [1.29, 1.82) is 0 Å². The van der Waals surface area contributed by atoms with Crippen molar-refractivity contribution in [3.63, 3.8) is 0 Å². The zero-order chi connectivity index (χ0) is 17.8. The van der Waals surface area contributed by atoms with Crippen LogP contribution in [0.1, 0.15) is 19.5 Å². The third-order valence-electron chi connectivity index (χ3n) is 2.37. The van der Waals surface area contributed by atoms with Crippen LogP contribution >= 0.6 is 7.82 Å². The van der Waals surface area contributed by atoms with E-state index in [4.69, 9.17) is 5.73 Å². The summed E-state index contributed by atoms with van der Waals surface area (Å²) in [6, 6.07) is 0. The van der Waals surface area contributed by atoms with Crippen molar-refractivity contribution in [3.05, 3.63) is 16.0 Å². The van der Waals surface area contributed by atoms with Gasteiger partial charge in [0.2, 0.25) is 0 Å². The number of carbonyl (C=O) groups is 1. The largest absolute Gasteiger partial charge is 1.00 e. The molecule has 128 valence electrons. The summed E-state index contributed by atoms with van der Waals surface area (Å²) >= 11 is 0. The number of phosphoric ester groups is 1. The van der Waals surface area contributed by atoms with Crippen molar-refractivity contribution >= 4 is 30.6 Å². The summed E-state index contributed by atoms with van der Waals surface area (Å²) in [5, 5.41) is 9.96. The number of phosphoric acid groups is 1. The summed E-state index contributed by atoms with van der Waals surface area (Å²) in [5.74, 6) is -0.160. The number of carbonyl (C=O) groups excluding carboxylic acids is 1. The molecule has 0 bridgehead atoms. The smallest absolute Gasteiger partial charge is 0.790 e. The van der Waals surface area contributed by atoms with Gasteiger partial charge in [0.15, 0.2) is 18.1 Å². The first-order chi connectivity index (χ1) is 10.7. The zero-order valence-electron chi connectivity index (χ0n) is 14.4. The topological polar surface area (TPSA) is 188 Å². The van der Waals surface area contributed by atoms with E-state index in [-0.39, 0.29) is 80.5 Å². The van der Waals surface area contributed by atoms with Crippen LogP contribution in [-0.4, -0.2) is 32.9 Å². The number of H-pyrrole nitrogens is 1. The Morgan fingerprint density at radius 3 is 2.44 bits per heavy atom. The van der Waals surface area contributed by atoms with E-state index in [9.17, 15) is 23.9 Å². The standard InChI is InChI=1S/C8H10N5O7P.C2H6.2Na/c1-3-4-5(11-10-3)7(14)13(12-6(4)9)8(15)19-2-20-21(16,17)18;1-2;;/h2H2,1H3,(H2,9,12)(H,10,11)(H2,16,17,18);1-2H3;;/q;;2*+1/p-2. The Morgan fingerprint density at radius 2 is 1.92 bits per heavy atom. The number of fused-ring (bicyclic) bond motifs is 1. The number of aromatic nitrogens is 4. The molecule has 0 aliphatic rings. The number of nitrogens with two attached hydrogens (primary N) is 1. The fourth-order valence-electron chi connectivity index (χ4n) is 1.53. The second kappa shape index (κ2) is 11.4. The Balaban J connectivity index is 0. The van der Waals surface area contributed by atoms with Gasteiger partial charge < -0.3 is 29.3 Å². The molecule has 25 heavy (non-hydrogen) atoms. The first-order valence-corrected chi connectivity index (χ1v) is 7.74. The second-order valence-corrected chi connectivity index (χ2v) is 4.93. The summed E-state index contributed by atoms with van der Waals surface area (Å²) in [7, 11) is -5.30. The van der Waals surface area contributed by atoms with Crippen LogP contribution in [-0.2, 0) is 13.8 Å². The molecular formula is C10H14N5Na2O7P. The normalized spacial score (nSPS) is 10.1. The van der Waals surface area contributed by atoms with Gasteiger partial charge in [-0.05, 0) is 6.92 Å². The Kier molecular flexibility index (Phi) is 12.3. The van der Waals surface area contributed by atoms with Crippen molar-refractivity contribution in [1.82, 2.24) is 20.0 Å². The molecule has 0 radical (unpaired) electrons. The van der Waals surface area contributed by atoms with E-state index in [1.807, 2.05) is 13.8 Å². The number of hydrogen-bond acceptors (Lipinski definition) is 10. The number of hydrogen-bond donors (Lipinski definition) is 2. The van der Waals surface area contributed by atoms with Crippen LogP contribution < -0.4 is 80.2 Å². The maximum atomic E-state index is 11.9. The summed E-state index contributed by atoms with van der Waals surface area (Å²) in [4.78, 5) is 43.9. The molecule has 2 aromatic rings. The Labute approximate surface area is 186 Å². The number of nitrogens with one attached hydrogen (secondary N) is 1. The SMILES string of the molecule is CC.Cc1[nH]nc2c(=O)n(C(=O)OCOP(=O)([O-])[O-])nc(N)c12.[Na+].[Na+]. The Hall–Kier alpha value is -0.270. The molecule has 0 saturated carbocycles. The van der Waals surface area contributed by atoms with Gasteiger partial charge in [0, 0.05) is 5.69 Å². The molecule has 0 fully saturated rings. The molecule has 0 aliphatic carbocycles. The summed E-state index contributed by atoms with van der Waals surface area (Å²) in [5.41, 5.74) is 5.00. The quantitative estimate of drug-likeness (QED) is 0.288. The molecule has 0 saturated heterocycles. The molecule has 0 atom stereocenters. The van der Waals surface area contributed by atoms with Crippen LogP contribution in [0.2, 0.25) is 0 Å². The summed E-state index contributed by atoms with van der Waals surface area (Å²) in [6.45, 7) is 4.41. The van der Waals surface area contributed by atoms with Gasteiger partial charge in [-0.3, -0.25) is 9.89 Å². The van der Waals surface area contributed by atoms with Gasteiger partial charge in [0.1, 0.15) is 0 Å². The molecule has 0 unspecified atom stereocenters. The number of nitrogen functional groups attached to an aromatic ring is 1. The van der Waals surface area contributed by atoms with E-state index in [1.165, 1.54) is 0 Å².